The number of carbonyl (C=O) groups is 2. The van der Waals surface area contributed by atoms with Crippen LogP contribution < -0.4 is 4.90 Å². The predicted molar refractivity (Wildman–Crippen MR) is 98.6 cm³/mol. The minimum Gasteiger partial charge on any atom is -0.294 e. The highest BCUT2D eigenvalue weighted by Crippen LogP contribution is 2.43. The summed E-state index contributed by atoms with van der Waals surface area (Å²) in [5.74, 6) is -0.596. The molecule has 132 valence electrons. The van der Waals surface area contributed by atoms with Crippen LogP contribution in [0.4, 0.5) is 10.1 Å². The molecule has 2 aliphatic rings. The first-order chi connectivity index (χ1) is 12.5. The number of anilines is 1. The molecule has 0 N–H and O–H groups in total. The smallest absolute Gasteiger partial charge is 0.232 e. The van der Waals surface area contributed by atoms with E-state index in [4.69, 9.17) is 11.6 Å². The van der Waals surface area contributed by atoms with Crippen LogP contribution in [-0.2, 0) is 9.59 Å². The van der Waals surface area contributed by atoms with Gasteiger partial charge in [-0.3, -0.25) is 14.5 Å². The van der Waals surface area contributed by atoms with Crippen molar-refractivity contribution < 1.29 is 14.0 Å². The first-order valence-electron chi connectivity index (χ1n) is 8.65. The van der Waals surface area contributed by atoms with Crippen molar-refractivity contribution in [3.05, 3.63) is 76.2 Å². The lowest BCUT2D eigenvalue weighted by Gasteiger charge is -2.38. The fourth-order valence-electron chi connectivity index (χ4n) is 3.86. The molecule has 0 unspecified atom stereocenters. The average molecular weight is 370 g/mol. The molecule has 4 rings (SSSR count). The van der Waals surface area contributed by atoms with Crippen molar-refractivity contribution in [2.24, 2.45) is 0 Å². The molecular formula is C21H17ClFNO2. The second-order valence-corrected chi connectivity index (χ2v) is 7.09. The maximum atomic E-state index is 13.3. The van der Waals surface area contributed by atoms with Crippen molar-refractivity contribution in [1.82, 2.24) is 0 Å². The molecule has 0 spiro atoms. The molecule has 1 heterocycles. The Morgan fingerprint density at radius 1 is 0.962 bits per heavy atom. The van der Waals surface area contributed by atoms with E-state index >= 15 is 0 Å². The largest absolute Gasteiger partial charge is 0.294 e. The Labute approximate surface area is 156 Å². The zero-order valence-electron chi connectivity index (χ0n) is 14.0. The molecule has 2 aromatic carbocycles. The van der Waals surface area contributed by atoms with E-state index in [0.717, 1.165) is 17.7 Å². The number of allylic oxidation sites excluding steroid dienone is 2. The van der Waals surface area contributed by atoms with Crippen LogP contribution in [0.25, 0.3) is 0 Å². The number of amides is 1. The number of hydrogen-bond donors (Lipinski definition) is 0. The van der Waals surface area contributed by atoms with Crippen molar-refractivity contribution in [3.63, 3.8) is 0 Å². The van der Waals surface area contributed by atoms with Gasteiger partial charge in [0.25, 0.3) is 0 Å². The molecule has 3 nitrogen and oxygen atoms in total. The van der Waals surface area contributed by atoms with E-state index in [1.807, 2.05) is 12.1 Å². The molecule has 0 saturated carbocycles. The zero-order chi connectivity index (χ0) is 18.3. The lowest BCUT2D eigenvalue weighted by atomic mass is 9.77. The molecule has 2 aromatic rings. The second kappa shape index (κ2) is 6.69. The van der Waals surface area contributed by atoms with Gasteiger partial charge < -0.3 is 0 Å². The van der Waals surface area contributed by atoms with Gasteiger partial charge in [-0.05, 0) is 54.8 Å². The van der Waals surface area contributed by atoms with E-state index < -0.39 is 0 Å². The molecular weight excluding hydrogens is 353 g/mol. The molecule has 0 fully saturated rings. The van der Waals surface area contributed by atoms with E-state index in [-0.39, 0.29) is 29.8 Å². The number of ketones is 1. The Bertz CT molecular complexity index is 903. The summed E-state index contributed by atoms with van der Waals surface area (Å²) in [6.07, 6.45) is 2.09. The number of Topliss-reactive ketones (excluding diaryl/α,β-unsaturated/α-hetero) is 1. The summed E-state index contributed by atoms with van der Waals surface area (Å²) >= 11 is 5.98. The number of benzene rings is 2. The maximum Gasteiger partial charge on any atom is 0.232 e. The molecule has 1 aliphatic heterocycles. The Balaban J connectivity index is 1.84. The zero-order valence-corrected chi connectivity index (χ0v) is 14.8. The second-order valence-electron chi connectivity index (χ2n) is 6.65. The Morgan fingerprint density at radius 3 is 2.35 bits per heavy atom. The Kier molecular flexibility index (Phi) is 4.37. The van der Waals surface area contributed by atoms with Crippen LogP contribution >= 0.6 is 11.6 Å². The van der Waals surface area contributed by atoms with Crippen molar-refractivity contribution >= 4 is 29.0 Å². The van der Waals surface area contributed by atoms with E-state index in [1.54, 1.807) is 29.2 Å². The summed E-state index contributed by atoms with van der Waals surface area (Å²) in [6, 6.07) is 13.1. The van der Waals surface area contributed by atoms with Crippen LogP contribution in [0.5, 0.6) is 0 Å². The van der Waals surface area contributed by atoms with Crippen molar-refractivity contribution in [2.45, 2.75) is 31.6 Å². The third-order valence-electron chi connectivity index (χ3n) is 5.03. The SMILES string of the molecule is O=C1CCCC2=C1[C@H](c1ccc(Cl)cc1)CC(=O)N2c1ccc(F)cc1. The highest BCUT2D eigenvalue weighted by atomic mass is 35.5. The van der Waals surface area contributed by atoms with Gasteiger partial charge in [0.15, 0.2) is 5.78 Å². The number of carbonyl (C=O) groups excluding carboxylic acids is 2. The molecule has 0 aromatic heterocycles. The summed E-state index contributed by atoms with van der Waals surface area (Å²) in [7, 11) is 0. The van der Waals surface area contributed by atoms with Crippen LogP contribution in [-0.4, -0.2) is 11.7 Å². The Hall–Kier alpha value is -2.46. The summed E-state index contributed by atoms with van der Waals surface area (Å²) in [6.45, 7) is 0. The summed E-state index contributed by atoms with van der Waals surface area (Å²) in [5, 5.41) is 0.619. The number of rotatable bonds is 2. The highest BCUT2D eigenvalue weighted by Gasteiger charge is 2.39. The van der Waals surface area contributed by atoms with Gasteiger partial charge in [-0.2, -0.15) is 0 Å². The van der Waals surface area contributed by atoms with Gasteiger partial charge in [0, 0.05) is 40.7 Å². The van der Waals surface area contributed by atoms with Gasteiger partial charge >= 0.3 is 0 Å². The third kappa shape index (κ3) is 2.95. The lowest BCUT2D eigenvalue weighted by molar-refractivity contribution is -0.119. The summed E-state index contributed by atoms with van der Waals surface area (Å²) < 4.78 is 13.3. The number of nitrogens with zero attached hydrogens (tertiary/aromatic N) is 1. The molecule has 0 saturated heterocycles. The minimum absolute atomic E-state index is 0.0787. The minimum atomic E-state index is -0.355. The van der Waals surface area contributed by atoms with Crippen LogP contribution in [0.3, 0.4) is 0 Å². The normalized spacial score (nSPS) is 20.4. The molecule has 5 heteroatoms. The molecule has 0 radical (unpaired) electrons. The van der Waals surface area contributed by atoms with Gasteiger partial charge in [-0.15, -0.1) is 0 Å². The molecule has 26 heavy (non-hydrogen) atoms. The van der Waals surface area contributed by atoms with Gasteiger partial charge in [0.2, 0.25) is 5.91 Å². The third-order valence-corrected chi connectivity index (χ3v) is 5.28. The summed E-state index contributed by atoms with van der Waals surface area (Å²) in [5.41, 5.74) is 2.99. The van der Waals surface area contributed by atoms with Crippen molar-refractivity contribution in [2.75, 3.05) is 4.90 Å². The molecule has 1 aliphatic carbocycles. The molecule has 0 bridgehead atoms. The van der Waals surface area contributed by atoms with E-state index in [0.29, 0.717) is 29.1 Å². The number of halogens is 2. The van der Waals surface area contributed by atoms with Gasteiger partial charge in [0.1, 0.15) is 5.82 Å². The predicted octanol–water partition coefficient (Wildman–Crippen LogP) is 5.01. The monoisotopic (exact) mass is 369 g/mol. The van der Waals surface area contributed by atoms with Crippen LogP contribution in [0, 0.1) is 5.82 Å². The van der Waals surface area contributed by atoms with Crippen molar-refractivity contribution in [1.29, 1.82) is 0 Å². The first-order valence-corrected chi connectivity index (χ1v) is 9.02. The molecule has 1 amide bonds. The van der Waals surface area contributed by atoms with E-state index in [1.165, 1.54) is 12.1 Å². The van der Waals surface area contributed by atoms with E-state index in [9.17, 15) is 14.0 Å². The fraction of sp³-hybridized carbons (Fsp3) is 0.238. The lowest BCUT2D eigenvalue weighted by Crippen LogP contribution is -2.40. The topological polar surface area (TPSA) is 37.4 Å². The van der Waals surface area contributed by atoms with Gasteiger partial charge in [-0.25, -0.2) is 4.39 Å². The summed E-state index contributed by atoms with van der Waals surface area (Å²) in [4.78, 5) is 27.3. The van der Waals surface area contributed by atoms with Crippen molar-refractivity contribution in [3.8, 4) is 0 Å². The van der Waals surface area contributed by atoms with E-state index in [2.05, 4.69) is 0 Å². The van der Waals surface area contributed by atoms with Gasteiger partial charge in [-0.1, -0.05) is 23.7 Å². The fourth-order valence-corrected chi connectivity index (χ4v) is 3.99. The van der Waals surface area contributed by atoms with Crippen LogP contribution in [0.2, 0.25) is 5.02 Å². The molecule has 1 atom stereocenters. The Morgan fingerprint density at radius 2 is 1.65 bits per heavy atom. The van der Waals surface area contributed by atoms with Gasteiger partial charge in [0.05, 0.1) is 0 Å². The number of hydrogen-bond acceptors (Lipinski definition) is 2. The quantitative estimate of drug-likeness (QED) is 0.746. The maximum absolute atomic E-state index is 13.3. The average Bonchev–Trinajstić information content (AvgIpc) is 2.63. The van der Waals surface area contributed by atoms with Crippen LogP contribution in [0.1, 0.15) is 37.2 Å². The van der Waals surface area contributed by atoms with Crippen LogP contribution in [0.15, 0.2) is 59.8 Å². The highest BCUT2D eigenvalue weighted by molar-refractivity contribution is 6.30. The standard InChI is InChI=1S/C21H17ClFNO2/c22-14-6-4-13(5-7-14)17-12-20(26)24(16-10-8-15(23)9-11-16)18-2-1-3-19(25)21(17)18/h4-11,17H,1-3,12H2/t17-/m0/s1. The first kappa shape index (κ1) is 17.0.